The number of aryl methyl sites for hydroxylation is 1. The smallest absolute Gasteiger partial charge is 0.127 e. The summed E-state index contributed by atoms with van der Waals surface area (Å²) in [5.74, 6) is 1.62. The second-order valence-electron chi connectivity index (χ2n) is 4.77. The minimum absolute atomic E-state index is 0.320. The monoisotopic (exact) mass is 257 g/mol. The highest BCUT2D eigenvalue weighted by Gasteiger charge is 2.17. The Balaban J connectivity index is 2.20. The Morgan fingerprint density at radius 1 is 1.26 bits per heavy atom. The summed E-state index contributed by atoms with van der Waals surface area (Å²) in [6.07, 6.45) is 0.247. The molecule has 0 fully saturated rings. The van der Waals surface area contributed by atoms with E-state index in [0.717, 1.165) is 23.3 Å². The average molecular weight is 257 g/mol. The molecule has 0 aliphatic heterocycles. The first-order chi connectivity index (χ1) is 9.02. The molecule has 2 N–H and O–H groups in total. The quantitative estimate of drug-likeness (QED) is 0.850. The van der Waals surface area contributed by atoms with Crippen LogP contribution in [-0.4, -0.2) is 0 Å². The fraction of sp³-hybridized carbons (Fsp3) is 0.312. The molecule has 3 nitrogen and oxygen atoms in total. The zero-order valence-corrected chi connectivity index (χ0v) is 11.4. The highest BCUT2D eigenvalue weighted by atomic mass is 16.3. The lowest BCUT2D eigenvalue weighted by atomic mass is 9.97. The van der Waals surface area contributed by atoms with Crippen LogP contribution in [0.15, 0.2) is 28.7 Å². The maximum Gasteiger partial charge on any atom is 0.127 e. The van der Waals surface area contributed by atoms with E-state index in [4.69, 9.17) is 10.2 Å². The molecule has 1 aromatic heterocycles. The molecule has 0 saturated carbocycles. The lowest BCUT2D eigenvalue weighted by Gasteiger charge is -2.14. The van der Waals surface area contributed by atoms with Gasteiger partial charge in [-0.15, -0.1) is 0 Å². The zero-order chi connectivity index (χ0) is 14.0. The van der Waals surface area contributed by atoms with Crippen LogP contribution in [-0.2, 0) is 17.9 Å². The Bertz CT molecular complexity index is 572. The third-order valence-corrected chi connectivity index (χ3v) is 3.46. The molecular formula is C16H19NO2. The van der Waals surface area contributed by atoms with Crippen LogP contribution in [0.2, 0.25) is 0 Å². The van der Waals surface area contributed by atoms with E-state index in [2.05, 4.69) is 6.92 Å². The average Bonchev–Trinajstić information content (AvgIpc) is 2.83. The molecule has 3 heteroatoms. The van der Waals surface area contributed by atoms with Crippen LogP contribution in [0.5, 0.6) is 0 Å². The summed E-state index contributed by atoms with van der Waals surface area (Å²) >= 11 is 0. The number of hydrogen-bond donors (Lipinski definition) is 1. The minimum atomic E-state index is -0.907. The molecule has 100 valence electrons. The van der Waals surface area contributed by atoms with Crippen molar-refractivity contribution >= 4 is 5.69 Å². The maximum absolute atomic E-state index is 12.3. The fourth-order valence-electron chi connectivity index (χ4n) is 2.09. The van der Waals surface area contributed by atoms with E-state index < -0.39 is 6.10 Å². The van der Waals surface area contributed by atoms with Crippen LogP contribution in [0.25, 0.3) is 0 Å². The van der Waals surface area contributed by atoms with Crippen molar-refractivity contribution in [3.63, 3.8) is 0 Å². The molecule has 0 bridgehead atoms. The van der Waals surface area contributed by atoms with Gasteiger partial charge in [0.05, 0.1) is 0 Å². The molecule has 1 atom stereocenters. The normalized spacial score (nSPS) is 12.6. The Labute approximate surface area is 114 Å². The van der Waals surface area contributed by atoms with Crippen molar-refractivity contribution in [3.8, 4) is 0 Å². The van der Waals surface area contributed by atoms with Gasteiger partial charge < -0.3 is 10.2 Å². The lowest BCUT2D eigenvalue weighted by molar-refractivity contribution is 0.0848. The summed E-state index contributed by atoms with van der Waals surface area (Å²) < 4.78 is 5.57. The van der Waals surface area contributed by atoms with Crippen molar-refractivity contribution in [2.24, 2.45) is 0 Å². The maximum atomic E-state index is 12.3. The predicted molar refractivity (Wildman–Crippen MR) is 75.3 cm³/mol. The van der Waals surface area contributed by atoms with E-state index in [1.807, 2.05) is 32.0 Å². The van der Waals surface area contributed by atoms with E-state index in [1.54, 1.807) is 6.07 Å². The summed E-state index contributed by atoms with van der Waals surface area (Å²) in [4.78, 5) is 0. The summed E-state index contributed by atoms with van der Waals surface area (Å²) in [6, 6.07) is 7.38. The zero-order valence-electron chi connectivity index (χ0n) is 11.4. The number of benzene rings is 1. The van der Waals surface area contributed by atoms with Crippen LogP contribution >= 0.6 is 0 Å². The Morgan fingerprint density at radius 2 is 1.95 bits per heavy atom. The highest BCUT2D eigenvalue weighted by molar-refractivity contribution is 5.58. The number of furan rings is 1. The summed E-state index contributed by atoms with van der Waals surface area (Å²) in [6.45, 7) is 7.78. The topological polar surface area (TPSA) is 59.1 Å². The van der Waals surface area contributed by atoms with E-state index in [9.17, 15) is 5.11 Å². The van der Waals surface area contributed by atoms with Gasteiger partial charge in [-0.25, -0.2) is 5.11 Å². The second-order valence-corrected chi connectivity index (χ2v) is 4.77. The molecule has 0 amide bonds. The lowest BCUT2D eigenvalue weighted by Crippen LogP contribution is -2.06. The molecule has 1 heterocycles. The number of hydrogen-bond acceptors (Lipinski definition) is 2. The summed E-state index contributed by atoms with van der Waals surface area (Å²) in [5.41, 5.74) is 8.92. The van der Waals surface area contributed by atoms with Crippen molar-refractivity contribution in [2.45, 2.75) is 32.8 Å². The fourth-order valence-corrected chi connectivity index (χ4v) is 2.09. The molecule has 2 radical (unpaired) electrons. The summed E-state index contributed by atoms with van der Waals surface area (Å²) in [7, 11) is 0. The second kappa shape index (κ2) is 5.49. The van der Waals surface area contributed by atoms with Gasteiger partial charge in [-0.05, 0) is 37.1 Å². The Morgan fingerprint density at radius 3 is 2.58 bits per heavy atom. The minimum Gasteiger partial charge on any atom is -0.466 e. The molecular weight excluding hydrogens is 238 g/mol. The van der Waals surface area contributed by atoms with Crippen molar-refractivity contribution in [2.75, 3.05) is 5.73 Å². The van der Waals surface area contributed by atoms with Gasteiger partial charge in [-0.2, -0.15) is 0 Å². The van der Waals surface area contributed by atoms with Crippen LogP contribution in [0, 0.1) is 13.8 Å². The van der Waals surface area contributed by atoms with Crippen LogP contribution < -0.4 is 5.73 Å². The number of nitrogen functional groups attached to an aromatic ring is 1. The molecule has 19 heavy (non-hydrogen) atoms. The Hall–Kier alpha value is -1.74. The standard InChI is InChI=1S/C16H19NO2/c1-4-12-6-7-13(19-12)9-15(18)14-8-5-10(2)11(3)16(14)17/h5-8,15H,2,4,9,17H2,1,3H3. The van der Waals surface area contributed by atoms with Gasteiger partial charge in [0.2, 0.25) is 0 Å². The molecule has 1 unspecified atom stereocenters. The van der Waals surface area contributed by atoms with Gasteiger partial charge in [0.25, 0.3) is 0 Å². The van der Waals surface area contributed by atoms with Crippen molar-refractivity contribution in [1.82, 2.24) is 0 Å². The van der Waals surface area contributed by atoms with Crippen molar-refractivity contribution in [1.29, 1.82) is 0 Å². The van der Waals surface area contributed by atoms with Gasteiger partial charge in [0.1, 0.15) is 17.6 Å². The third-order valence-electron chi connectivity index (χ3n) is 3.46. The van der Waals surface area contributed by atoms with Crippen molar-refractivity contribution in [3.05, 3.63) is 59.4 Å². The van der Waals surface area contributed by atoms with Gasteiger partial charge in [0.15, 0.2) is 0 Å². The first kappa shape index (κ1) is 13.7. The van der Waals surface area contributed by atoms with E-state index in [0.29, 0.717) is 23.4 Å². The number of rotatable bonds is 4. The van der Waals surface area contributed by atoms with E-state index in [1.165, 1.54) is 0 Å². The predicted octanol–water partition coefficient (Wildman–Crippen LogP) is 3.63. The molecule has 0 saturated heterocycles. The number of anilines is 1. The SMILES string of the molecule is [CH2]c1ccc(C([O])Cc2ccc(CC)o2)c(N)c1C. The largest absolute Gasteiger partial charge is 0.466 e. The molecule has 0 aliphatic carbocycles. The van der Waals surface area contributed by atoms with Crippen LogP contribution in [0.4, 0.5) is 5.69 Å². The van der Waals surface area contributed by atoms with Gasteiger partial charge in [-0.1, -0.05) is 19.1 Å². The van der Waals surface area contributed by atoms with Gasteiger partial charge in [0, 0.05) is 24.1 Å². The van der Waals surface area contributed by atoms with E-state index in [-0.39, 0.29) is 0 Å². The third kappa shape index (κ3) is 2.82. The number of nitrogens with two attached hydrogens (primary N) is 1. The molecule has 0 aliphatic rings. The van der Waals surface area contributed by atoms with Gasteiger partial charge >= 0.3 is 0 Å². The first-order valence-electron chi connectivity index (χ1n) is 6.47. The molecule has 2 rings (SSSR count). The van der Waals surface area contributed by atoms with Crippen LogP contribution in [0.1, 0.15) is 41.2 Å². The van der Waals surface area contributed by atoms with E-state index >= 15 is 0 Å². The first-order valence-corrected chi connectivity index (χ1v) is 6.47. The molecule has 0 spiro atoms. The van der Waals surface area contributed by atoms with Crippen LogP contribution in [0.3, 0.4) is 0 Å². The molecule has 2 aromatic rings. The Kier molecular flexibility index (Phi) is 3.96. The highest BCUT2D eigenvalue weighted by Crippen LogP contribution is 2.29. The molecule has 1 aromatic carbocycles. The summed E-state index contributed by atoms with van der Waals surface area (Å²) in [5, 5.41) is 12.3. The van der Waals surface area contributed by atoms with Gasteiger partial charge in [-0.3, -0.25) is 0 Å². The van der Waals surface area contributed by atoms with Crippen molar-refractivity contribution < 1.29 is 9.52 Å².